The van der Waals surface area contributed by atoms with Gasteiger partial charge in [0.1, 0.15) is 23.4 Å². The zero-order valence-electron chi connectivity index (χ0n) is 10.6. The summed E-state index contributed by atoms with van der Waals surface area (Å²) in [6.45, 7) is 0.273. The van der Waals surface area contributed by atoms with E-state index in [9.17, 15) is 18.4 Å². The number of carbonyl (C=O) groups excluding carboxylic acids is 1. The number of hydrogen-bond acceptors (Lipinski definition) is 3. The molecule has 108 valence electrons. The van der Waals surface area contributed by atoms with E-state index in [0.717, 1.165) is 12.1 Å². The Balaban J connectivity index is 2.01. The van der Waals surface area contributed by atoms with Gasteiger partial charge in [-0.1, -0.05) is 6.07 Å². The number of carboxylic acid groups (broad SMARTS) is 1. The Morgan fingerprint density at radius 1 is 1.35 bits per heavy atom. The molecule has 5 nitrogen and oxygen atoms in total. The molecule has 1 fully saturated rings. The Morgan fingerprint density at radius 3 is 2.60 bits per heavy atom. The Kier molecular flexibility index (Phi) is 4.29. The van der Waals surface area contributed by atoms with Crippen LogP contribution in [0.5, 0.6) is 0 Å². The van der Waals surface area contributed by atoms with Crippen molar-refractivity contribution >= 4 is 17.6 Å². The van der Waals surface area contributed by atoms with Gasteiger partial charge in [0.25, 0.3) is 0 Å². The summed E-state index contributed by atoms with van der Waals surface area (Å²) in [6, 6.07) is 2.55. The van der Waals surface area contributed by atoms with Gasteiger partial charge in [-0.3, -0.25) is 14.5 Å². The molecular weight excluding hydrogens is 270 g/mol. The number of rotatable bonds is 4. The second-order valence-corrected chi connectivity index (χ2v) is 4.61. The minimum atomic E-state index is -0.993. The molecule has 0 radical (unpaired) electrons. The minimum Gasteiger partial charge on any atom is -0.480 e. The highest BCUT2D eigenvalue weighted by Gasteiger charge is 2.31. The summed E-state index contributed by atoms with van der Waals surface area (Å²) >= 11 is 0. The molecule has 0 saturated carbocycles. The molecule has 1 heterocycles. The minimum absolute atomic E-state index is 0.204. The fourth-order valence-corrected chi connectivity index (χ4v) is 2.28. The molecule has 1 amide bonds. The van der Waals surface area contributed by atoms with Gasteiger partial charge in [-0.25, -0.2) is 8.78 Å². The van der Waals surface area contributed by atoms with Crippen molar-refractivity contribution in [3.8, 4) is 0 Å². The molecule has 7 heteroatoms. The molecule has 2 N–H and O–H groups in total. The maximum absolute atomic E-state index is 13.4. The van der Waals surface area contributed by atoms with Crippen molar-refractivity contribution in [2.45, 2.75) is 18.9 Å². The number of halogens is 2. The van der Waals surface area contributed by atoms with Crippen LogP contribution in [0.25, 0.3) is 0 Å². The van der Waals surface area contributed by atoms with Crippen LogP contribution in [0.3, 0.4) is 0 Å². The van der Waals surface area contributed by atoms with Crippen LogP contribution in [0, 0.1) is 11.6 Å². The Morgan fingerprint density at radius 2 is 2.00 bits per heavy atom. The highest BCUT2D eigenvalue weighted by atomic mass is 19.1. The number of carboxylic acids is 1. The van der Waals surface area contributed by atoms with Crippen molar-refractivity contribution in [1.29, 1.82) is 0 Å². The first-order valence-corrected chi connectivity index (χ1v) is 6.19. The van der Waals surface area contributed by atoms with Crippen LogP contribution in [0.4, 0.5) is 14.5 Å². The third kappa shape index (κ3) is 3.11. The predicted octanol–water partition coefficient (Wildman–Crippen LogP) is 1.45. The first-order valence-electron chi connectivity index (χ1n) is 6.19. The Bertz CT molecular complexity index is 516. The fourth-order valence-electron chi connectivity index (χ4n) is 2.28. The molecule has 1 atom stereocenters. The molecule has 1 unspecified atom stereocenters. The van der Waals surface area contributed by atoms with Crippen molar-refractivity contribution in [1.82, 2.24) is 4.90 Å². The van der Waals surface area contributed by atoms with Gasteiger partial charge in [0, 0.05) is 0 Å². The Labute approximate surface area is 114 Å². The highest BCUT2D eigenvalue weighted by Crippen LogP contribution is 2.20. The van der Waals surface area contributed by atoms with E-state index in [0.29, 0.717) is 19.4 Å². The molecule has 0 spiro atoms. The smallest absolute Gasteiger partial charge is 0.320 e. The van der Waals surface area contributed by atoms with E-state index in [4.69, 9.17) is 5.11 Å². The maximum Gasteiger partial charge on any atom is 0.320 e. The van der Waals surface area contributed by atoms with Crippen molar-refractivity contribution in [3.05, 3.63) is 29.8 Å². The van der Waals surface area contributed by atoms with Gasteiger partial charge in [-0.2, -0.15) is 0 Å². The summed E-state index contributed by atoms with van der Waals surface area (Å²) in [4.78, 5) is 24.2. The zero-order valence-corrected chi connectivity index (χ0v) is 10.6. The van der Waals surface area contributed by atoms with Crippen LogP contribution in [0.1, 0.15) is 12.8 Å². The highest BCUT2D eigenvalue weighted by molar-refractivity contribution is 5.93. The monoisotopic (exact) mass is 284 g/mol. The quantitative estimate of drug-likeness (QED) is 0.878. The molecule has 1 saturated heterocycles. The van der Waals surface area contributed by atoms with Crippen molar-refractivity contribution in [3.63, 3.8) is 0 Å². The van der Waals surface area contributed by atoms with Crippen molar-refractivity contribution in [2.24, 2.45) is 0 Å². The van der Waals surface area contributed by atoms with Crippen molar-refractivity contribution < 1.29 is 23.5 Å². The number of anilines is 1. The van der Waals surface area contributed by atoms with Crippen LogP contribution in [0.15, 0.2) is 18.2 Å². The van der Waals surface area contributed by atoms with Gasteiger partial charge in [0.2, 0.25) is 5.91 Å². The van der Waals surface area contributed by atoms with E-state index in [1.807, 2.05) is 0 Å². The number of nitrogens with one attached hydrogen (secondary N) is 1. The number of benzene rings is 1. The second kappa shape index (κ2) is 5.96. The number of carbonyl (C=O) groups is 2. The van der Waals surface area contributed by atoms with Crippen molar-refractivity contribution in [2.75, 3.05) is 18.4 Å². The lowest BCUT2D eigenvalue weighted by Crippen LogP contribution is -2.41. The van der Waals surface area contributed by atoms with Crippen LogP contribution < -0.4 is 5.32 Å². The average Bonchev–Trinajstić information content (AvgIpc) is 2.82. The van der Waals surface area contributed by atoms with Gasteiger partial charge >= 0.3 is 5.97 Å². The first-order chi connectivity index (χ1) is 9.49. The molecular formula is C13H14F2N2O3. The third-order valence-electron chi connectivity index (χ3n) is 3.22. The topological polar surface area (TPSA) is 69.6 Å². The van der Waals surface area contributed by atoms with Crippen LogP contribution >= 0.6 is 0 Å². The lowest BCUT2D eigenvalue weighted by molar-refractivity contribution is -0.142. The summed E-state index contributed by atoms with van der Waals surface area (Å²) in [5.41, 5.74) is -0.511. The Hall–Kier alpha value is -2.02. The fraction of sp³-hybridized carbons (Fsp3) is 0.385. The number of hydrogen-bond donors (Lipinski definition) is 2. The van der Waals surface area contributed by atoms with E-state index in [1.54, 1.807) is 0 Å². The molecule has 0 aliphatic carbocycles. The van der Waals surface area contributed by atoms with E-state index in [1.165, 1.54) is 11.0 Å². The maximum atomic E-state index is 13.4. The third-order valence-corrected chi connectivity index (χ3v) is 3.22. The molecule has 20 heavy (non-hydrogen) atoms. The summed E-state index contributed by atoms with van der Waals surface area (Å²) in [5, 5.41) is 11.1. The normalized spacial score (nSPS) is 19.0. The van der Waals surface area contributed by atoms with Gasteiger partial charge < -0.3 is 10.4 Å². The lowest BCUT2D eigenvalue weighted by Gasteiger charge is -2.20. The van der Waals surface area contributed by atoms with E-state index < -0.39 is 35.2 Å². The lowest BCUT2D eigenvalue weighted by atomic mass is 10.2. The van der Waals surface area contributed by atoms with E-state index in [2.05, 4.69) is 5.32 Å². The average molecular weight is 284 g/mol. The standard InChI is InChI=1S/C13H14F2N2O3/c14-8-3-1-4-9(15)12(8)16-11(18)7-17-6-2-5-10(17)13(19)20/h1,3-4,10H,2,5-7H2,(H,16,18)(H,19,20). The van der Waals surface area contributed by atoms with Gasteiger partial charge in [-0.05, 0) is 31.5 Å². The summed E-state index contributed by atoms with van der Waals surface area (Å²) in [6.07, 6.45) is 1.15. The molecule has 0 aromatic heterocycles. The number of para-hydroxylation sites is 1. The molecule has 2 rings (SSSR count). The van der Waals surface area contributed by atoms with E-state index >= 15 is 0 Å². The zero-order chi connectivity index (χ0) is 14.7. The predicted molar refractivity (Wildman–Crippen MR) is 67.2 cm³/mol. The SMILES string of the molecule is O=C(CN1CCCC1C(=O)O)Nc1c(F)cccc1F. The van der Waals surface area contributed by atoms with Crippen LogP contribution in [0.2, 0.25) is 0 Å². The molecule has 1 aliphatic heterocycles. The van der Waals surface area contributed by atoms with Gasteiger partial charge in [0.15, 0.2) is 0 Å². The van der Waals surface area contributed by atoms with Gasteiger partial charge in [-0.15, -0.1) is 0 Å². The molecule has 1 aromatic rings. The number of amides is 1. The summed E-state index contributed by atoms with van der Waals surface area (Å²) in [7, 11) is 0. The van der Waals surface area contributed by atoms with Crippen LogP contribution in [-0.2, 0) is 9.59 Å². The molecule has 1 aromatic carbocycles. The molecule has 0 bridgehead atoms. The van der Waals surface area contributed by atoms with Crippen LogP contribution in [-0.4, -0.2) is 41.0 Å². The molecule has 1 aliphatic rings. The first kappa shape index (κ1) is 14.4. The largest absolute Gasteiger partial charge is 0.480 e. The number of likely N-dealkylation sites (tertiary alicyclic amines) is 1. The summed E-state index contributed by atoms with van der Waals surface area (Å²) < 4.78 is 26.7. The number of nitrogens with zero attached hydrogens (tertiary/aromatic N) is 1. The summed E-state index contributed by atoms with van der Waals surface area (Å²) in [5.74, 6) is -3.36. The van der Waals surface area contributed by atoms with E-state index in [-0.39, 0.29) is 6.54 Å². The second-order valence-electron chi connectivity index (χ2n) is 4.61. The van der Waals surface area contributed by atoms with Gasteiger partial charge in [0.05, 0.1) is 6.54 Å². The number of aliphatic carboxylic acids is 1.